The van der Waals surface area contributed by atoms with Crippen molar-refractivity contribution in [3.63, 3.8) is 0 Å². The van der Waals surface area contributed by atoms with Crippen LogP contribution in [0, 0.1) is 19.7 Å². The second kappa shape index (κ2) is 11.1. The Balaban J connectivity index is 1.56. The molecule has 0 saturated carbocycles. The van der Waals surface area contributed by atoms with Gasteiger partial charge in [0.25, 0.3) is 0 Å². The van der Waals surface area contributed by atoms with Crippen molar-refractivity contribution in [1.29, 1.82) is 0 Å². The monoisotopic (exact) mass is 552 g/mol. The fraction of sp³-hybridized carbons (Fsp3) is 0.235. The number of nitrogens with one attached hydrogen (secondary N) is 1. The summed E-state index contributed by atoms with van der Waals surface area (Å²) in [6.07, 6.45) is 3.82. The van der Waals surface area contributed by atoms with Crippen LogP contribution >= 0.6 is 0 Å². The minimum Gasteiger partial charge on any atom is -0.496 e. The number of pyridine rings is 1. The third-order valence-corrected chi connectivity index (χ3v) is 7.16. The van der Waals surface area contributed by atoms with Gasteiger partial charge in [0.1, 0.15) is 29.7 Å². The number of hydrogen-bond acceptors (Lipinski definition) is 6. The molecule has 4 aromatic rings. The molecule has 210 valence electrons. The Morgan fingerprint density at radius 3 is 2.51 bits per heavy atom. The number of allylic oxidation sites excluding steroid dienone is 1. The maximum atomic E-state index is 14.0. The van der Waals surface area contributed by atoms with Crippen LogP contribution < -0.4 is 19.5 Å². The summed E-state index contributed by atoms with van der Waals surface area (Å²) < 4.78 is 31.7. The zero-order chi connectivity index (χ0) is 29.3. The molecule has 0 aliphatic carbocycles. The normalized spacial score (nSPS) is 13.5. The molecule has 6 nitrogen and oxygen atoms in total. The maximum Gasteiger partial charge on any atom is 0.345 e. The smallest absolute Gasteiger partial charge is 0.345 e. The van der Waals surface area contributed by atoms with E-state index in [2.05, 4.69) is 43.2 Å². The number of halogens is 1. The summed E-state index contributed by atoms with van der Waals surface area (Å²) in [4.78, 5) is 17.0. The summed E-state index contributed by atoms with van der Waals surface area (Å²) >= 11 is 0. The van der Waals surface area contributed by atoms with Crippen LogP contribution in [0.2, 0.25) is 0 Å². The molecular formula is C34H33FN2O4. The number of carbonyl (C=O) groups excluding carboxylic acids is 1. The Kier molecular flexibility index (Phi) is 7.54. The van der Waals surface area contributed by atoms with Crippen molar-refractivity contribution in [1.82, 2.24) is 4.98 Å². The molecule has 0 amide bonds. The maximum absolute atomic E-state index is 14.0. The summed E-state index contributed by atoms with van der Waals surface area (Å²) in [5.74, 6) is 0.526. The first-order chi connectivity index (χ1) is 19.6. The Labute approximate surface area is 239 Å². The van der Waals surface area contributed by atoms with Gasteiger partial charge in [-0.2, -0.15) is 0 Å². The molecule has 1 aromatic heterocycles. The molecule has 0 saturated heterocycles. The molecule has 0 radical (unpaired) electrons. The van der Waals surface area contributed by atoms with Gasteiger partial charge in [-0.1, -0.05) is 18.2 Å². The van der Waals surface area contributed by atoms with Gasteiger partial charge >= 0.3 is 5.97 Å². The molecule has 0 bridgehead atoms. The summed E-state index contributed by atoms with van der Waals surface area (Å²) in [5, 5.41) is 3.60. The highest BCUT2D eigenvalue weighted by molar-refractivity contribution is 5.92. The second-order valence-corrected chi connectivity index (χ2v) is 10.8. The Morgan fingerprint density at radius 2 is 1.76 bits per heavy atom. The molecule has 0 spiro atoms. The summed E-state index contributed by atoms with van der Waals surface area (Å²) in [5.41, 5.74) is 7.37. The number of aromatic nitrogens is 1. The largest absolute Gasteiger partial charge is 0.496 e. The lowest BCUT2D eigenvalue weighted by Gasteiger charge is -2.33. The topological polar surface area (TPSA) is 69.7 Å². The van der Waals surface area contributed by atoms with E-state index in [0.717, 1.165) is 39.1 Å². The zero-order valence-electron chi connectivity index (χ0n) is 24.1. The van der Waals surface area contributed by atoms with Crippen molar-refractivity contribution in [2.75, 3.05) is 12.4 Å². The predicted molar refractivity (Wildman–Crippen MR) is 159 cm³/mol. The fourth-order valence-corrected chi connectivity index (χ4v) is 5.30. The van der Waals surface area contributed by atoms with Crippen molar-refractivity contribution in [3.8, 4) is 28.4 Å². The summed E-state index contributed by atoms with van der Waals surface area (Å²) in [6, 6.07) is 17.3. The molecule has 41 heavy (non-hydrogen) atoms. The van der Waals surface area contributed by atoms with E-state index in [-0.39, 0.29) is 18.0 Å². The Bertz CT molecular complexity index is 1680. The third kappa shape index (κ3) is 5.80. The number of rotatable bonds is 7. The van der Waals surface area contributed by atoms with Gasteiger partial charge in [-0.15, -0.1) is 0 Å². The van der Waals surface area contributed by atoms with Crippen LogP contribution in [-0.2, 0) is 6.61 Å². The SMILES string of the molecule is COc1cc(OC(=O)c2cccnc2C)ccc1-c1ccc2c(c1COc1cc(F)ccc1C)C(C)=CC(C)(C)N2. The minimum atomic E-state index is -0.492. The molecule has 5 rings (SSSR count). The predicted octanol–water partition coefficient (Wildman–Crippen LogP) is 7.92. The molecule has 1 aliphatic rings. The van der Waals surface area contributed by atoms with Gasteiger partial charge in [0.2, 0.25) is 0 Å². The molecule has 1 aliphatic heterocycles. The van der Waals surface area contributed by atoms with Crippen molar-refractivity contribution in [2.24, 2.45) is 0 Å². The second-order valence-electron chi connectivity index (χ2n) is 10.8. The number of hydrogen-bond donors (Lipinski definition) is 1. The average molecular weight is 553 g/mol. The van der Waals surface area contributed by atoms with Crippen LogP contribution in [0.1, 0.15) is 53.5 Å². The third-order valence-electron chi connectivity index (χ3n) is 7.16. The van der Waals surface area contributed by atoms with Crippen LogP contribution in [0.25, 0.3) is 16.7 Å². The highest BCUT2D eigenvalue weighted by Gasteiger charge is 2.27. The van der Waals surface area contributed by atoms with Gasteiger partial charge < -0.3 is 19.5 Å². The number of carbonyl (C=O) groups is 1. The number of fused-ring (bicyclic) bond motifs is 1. The van der Waals surface area contributed by atoms with Crippen molar-refractivity contribution in [2.45, 2.75) is 46.8 Å². The fourth-order valence-electron chi connectivity index (χ4n) is 5.30. The number of aryl methyl sites for hydroxylation is 2. The zero-order valence-corrected chi connectivity index (χ0v) is 24.1. The number of anilines is 1. The minimum absolute atomic E-state index is 0.205. The summed E-state index contributed by atoms with van der Waals surface area (Å²) in [7, 11) is 1.58. The van der Waals surface area contributed by atoms with Gasteiger partial charge in [-0.05, 0) is 87.7 Å². The number of ether oxygens (including phenoxy) is 3. The number of esters is 1. The lowest BCUT2D eigenvalue weighted by Crippen LogP contribution is -2.32. The van der Waals surface area contributed by atoms with Gasteiger partial charge in [-0.25, -0.2) is 9.18 Å². The molecule has 0 unspecified atom stereocenters. The molecular weight excluding hydrogens is 519 g/mol. The van der Waals surface area contributed by atoms with E-state index < -0.39 is 5.97 Å². The molecule has 0 atom stereocenters. The van der Waals surface area contributed by atoms with E-state index >= 15 is 0 Å². The standard InChI is InChI=1S/C34H33FN2O4/c1-20-9-10-23(35)16-30(20)40-19-28-26(13-14-29-32(28)21(2)18-34(4,5)37-29)27-12-11-24(17-31(27)39-6)41-33(38)25-8-7-15-36-22(25)3/h7-18,37H,19H2,1-6H3. The Hall–Kier alpha value is -4.65. The number of methoxy groups -OCH3 is 1. The average Bonchev–Trinajstić information content (AvgIpc) is 2.92. The van der Waals surface area contributed by atoms with E-state index in [9.17, 15) is 9.18 Å². The first kappa shape index (κ1) is 27.9. The van der Waals surface area contributed by atoms with E-state index in [4.69, 9.17) is 14.2 Å². The van der Waals surface area contributed by atoms with Crippen LogP contribution in [0.15, 0.2) is 72.9 Å². The summed E-state index contributed by atoms with van der Waals surface area (Å²) in [6.45, 7) is 10.2. The molecule has 0 fully saturated rings. The first-order valence-electron chi connectivity index (χ1n) is 13.4. The lowest BCUT2D eigenvalue weighted by atomic mass is 9.85. The van der Waals surface area contributed by atoms with Gasteiger partial charge in [-0.3, -0.25) is 4.98 Å². The lowest BCUT2D eigenvalue weighted by molar-refractivity contribution is 0.0733. The van der Waals surface area contributed by atoms with Crippen molar-refractivity contribution >= 4 is 17.2 Å². The Morgan fingerprint density at radius 1 is 0.976 bits per heavy atom. The van der Waals surface area contributed by atoms with Gasteiger partial charge in [0.05, 0.1) is 23.9 Å². The highest BCUT2D eigenvalue weighted by Crippen LogP contribution is 2.43. The van der Waals surface area contributed by atoms with E-state index in [1.807, 2.05) is 19.1 Å². The molecule has 2 heterocycles. The van der Waals surface area contributed by atoms with E-state index in [1.54, 1.807) is 50.6 Å². The quantitative estimate of drug-likeness (QED) is 0.186. The van der Waals surface area contributed by atoms with Crippen LogP contribution in [0.4, 0.5) is 10.1 Å². The van der Waals surface area contributed by atoms with Gasteiger partial charge in [0, 0.05) is 40.7 Å². The van der Waals surface area contributed by atoms with Crippen LogP contribution in [-0.4, -0.2) is 23.6 Å². The number of benzene rings is 3. The molecule has 1 N–H and O–H groups in total. The molecule has 3 aromatic carbocycles. The van der Waals surface area contributed by atoms with E-state index in [1.165, 1.54) is 12.1 Å². The highest BCUT2D eigenvalue weighted by atomic mass is 19.1. The molecule has 7 heteroatoms. The first-order valence-corrected chi connectivity index (χ1v) is 13.4. The van der Waals surface area contributed by atoms with Gasteiger partial charge in [0.15, 0.2) is 0 Å². The van der Waals surface area contributed by atoms with Crippen molar-refractivity contribution in [3.05, 3.63) is 107 Å². The number of nitrogens with zero attached hydrogens (tertiary/aromatic N) is 1. The van der Waals surface area contributed by atoms with Crippen molar-refractivity contribution < 1.29 is 23.4 Å². The van der Waals surface area contributed by atoms with Crippen LogP contribution in [0.5, 0.6) is 17.2 Å². The van der Waals surface area contributed by atoms with E-state index in [0.29, 0.717) is 28.5 Å². The van der Waals surface area contributed by atoms with Crippen LogP contribution in [0.3, 0.4) is 0 Å².